The number of amides is 2. The first-order valence-electron chi connectivity index (χ1n) is 9.84. The van der Waals surface area contributed by atoms with Crippen molar-refractivity contribution in [2.75, 3.05) is 25.5 Å². The Morgan fingerprint density at radius 3 is 2.80 bits per heavy atom. The number of methoxy groups -OCH3 is 1. The molecule has 3 aromatic rings. The number of pyridine rings is 1. The Balaban J connectivity index is 1.40. The van der Waals surface area contributed by atoms with Crippen molar-refractivity contribution in [2.24, 2.45) is 5.92 Å². The van der Waals surface area contributed by atoms with Gasteiger partial charge in [-0.3, -0.25) is 19.7 Å². The van der Waals surface area contributed by atoms with Gasteiger partial charge in [0.2, 0.25) is 5.91 Å². The van der Waals surface area contributed by atoms with Crippen LogP contribution in [0.15, 0.2) is 54.9 Å². The Bertz CT molecular complexity index is 1020. The second kappa shape index (κ2) is 8.77. The van der Waals surface area contributed by atoms with E-state index in [1.807, 2.05) is 12.1 Å². The first-order valence-corrected chi connectivity index (χ1v) is 9.84. The van der Waals surface area contributed by atoms with Gasteiger partial charge in [0.1, 0.15) is 11.4 Å². The summed E-state index contributed by atoms with van der Waals surface area (Å²) in [4.78, 5) is 31.4. The number of hydrogen-bond donors (Lipinski definition) is 2. The monoisotopic (exact) mass is 405 g/mol. The van der Waals surface area contributed by atoms with Crippen LogP contribution in [0.5, 0.6) is 5.75 Å². The Hall–Kier alpha value is -3.68. The van der Waals surface area contributed by atoms with Crippen molar-refractivity contribution in [3.63, 3.8) is 0 Å². The third kappa shape index (κ3) is 4.32. The molecule has 2 aromatic heterocycles. The van der Waals surface area contributed by atoms with Gasteiger partial charge in [0.05, 0.1) is 18.7 Å². The zero-order valence-corrected chi connectivity index (χ0v) is 16.7. The van der Waals surface area contributed by atoms with Gasteiger partial charge in [-0.25, -0.2) is 0 Å². The van der Waals surface area contributed by atoms with Crippen molar-refractivity contribution in [1.82, 2.24) is 20.1 Å². The lowest BCUT2D eigenvalue weighted by Crippen LogP contribution is -2.43. The summed E-state index contributed by atoms with van der Waals surface area (Å²) in [5, 5.41) is 9.97. The van der Waals surface area contributed by atoms with Crippen molar-refractivity contribution >= 4 is 17.5 Å². The number of carbonyl (C=O) groups is 2. The summed E-state index contributed by atoms with van der Waals surface area (Å²) in [7, 11) is 1.60. The summed E-state index contributed by atoms with van der Waals surface area (Å²) in [6.45, 7) is 0.995. The number of nitrogens with one attached hydrogen (secondary N) is 2. The molecule has 1 saturated heterocycles. The number of carbonyl (C=O) groups excluding carboxylic acids is 2. The van der Waals surface area contributed by atoms with Gasteiger partial charge in [-0.1, -0.05) is 0 Å². The molecular weight excluding hydrogens is 382 g/mol. The summed E-state index contributed by atoms with van der Waals surface area (Å²) in [6, 6.07) is 12.6. The van der Waals surface area contributed by atoms with Crippen LogP contribution in [0.4, 0.5) is 5.69 Å². The molecule has 1 atom stereocenters. The highest BCUT2D eigenvalue weighted by atomic mass is 16.5. The predicted molar refractivity (Wildman–Crippen MR) is 112 cm³/mol. The van der Waals surface area contributed by atoms with E-state index in [1.165, 1.54) is 0 Å². The number of anilines is 1. The summed E-state index contributed by atoms with van der Waals surface area (Å²) in [6.07, 6.45) is 4.91. The maximum atomic E-state index is 12.9. The van der Waals surface area contributed by atoms with E-state index in [4.69, 9.17) is 4.74 Å². The molecule has 0 aliphatic carbocycles. The fourth-order valence-electron chi connectivity index (χ4n) is 3.56. The Morgan fingerprint density at radius 1 is 1.23 bits per heavy atom. The smallest absolute Gasteiger partial charge is 0.271 e. The van der Waals surface area contributed by atoms with Crippen molar-refractivity contribution < 1.29 is 14.3 Å². The van der Waals surface area contributed by atoms with Crippen molar-refractivity contribution in [1.29, 1.82) is 0 Å². The molecular formula is C22H23N5O3. The third-order valence-electron chi connectivity index (χ3n) is 5.20. The SMILES string of the molecule is COc1ccc(NC(=O)[C@@H]2CCCN(C(=O)c3cc(-c4cccnc4)n[nH]3)C2)cc1. The summed E-state index contributed by atoms with van der Waals surface area (Å²) in [5.74, 6) is 0.232. The highest BCUT2D eigenvalue weighted by Crippen LogP contribution is 2.23. The second-order valence-electron chi connectivity index (χ2n) is 7.22. The number of H-pyrrole nitrogens is 1. The van der Waals surface area contributed by atoms with Crippen LogP contribution >= 0.6 is 0 Å². The van der Waals surface area contributed by atoms with Gasteiger partial charge in [0.25, 0.3) is 5.91 Å². The average molecular weight is 405 g/mol. The van der Waals surface area contributed by atoms with Crippen LogP contribution in [0, 0.1) is 5.92 Å². The van der Waals surface area contributed by atoms with Crippen LogP contribution in [-0.2, 0) is 4.79 Å². The van der Waals surface area contributed by atoms with Crippen molar-refractivity contribution in [3.8, 4) is 17.0 Å². The van der Waals surface area contributed by atoms with E-state index in [9.17, 15) is 9.59 Å². The molecule has 154 valence electrons. The zero-order valence-electron chi connectivity index (χ0n) is 16.7. The number of hydrogen-bond acceptors (Lipinski definition) is 5. The maximum Gasteiger partial charge on any atom is 0.271 e. The first-order chi connectivity index (χ1) is 14.6. The standard InChI is InChI=1S/C22H23N5O3/c1-30-18-8-6-17(7-9-18)24-21(28)16-5-3-11-27(14-16)22(29)20-12-19(25-26-20)15-4-2-10-23-13-15/h2,4,6-10,12-13,16H,3,5,11,14H2,1H3,(H,24,28)(H,25,26)/t16-/m1/s1. The molecule has 0 saturated carbocycles. The largest absolute Gasteiger partial charge is 0.497 e. The fraction of sp³-hybridized carbons (Fsp3) is 0.273. The Morgan fingerprint density at radius 2 is 2.07 bits per heavy atom. The molecule has 0 radical (unpaired) electrons. The van der Waals surface area contributed by atoms with E-state index in [0.29, 0.717) is 30.2 Å². The molecule has 4 rings (SSSR count). The van der Waals surface area contributed by atoms with Crippen LogP contribution in [0.25, 0.3) is 11.3 Å². The highest BCUT2D eigenvalue weighted by Gasteiger charge is 2.29. The minimum atomic E-state index is -0.259. The number of piperidine rings is 1. The Kier molecular flexibility index (Phi) is 5.74. The van der Waals surface area contributed by atoms with Crippen LogP contribution in [0.3, 0.4) is 0 Å². The molecule has 0 unspecified atom stereocenters. The minimum Gasteiger partial charge on any atom is -0.497 e. The van der Waals surface area contributed by atoms with Crippen molar-refractivity contribution in [2.45, 2.75) is 12.8 Å². The summed E-state index contributed by atoms with van der Waals surface area (Å²) >= 11 is 0. The molecule has 8 heteroatoms. The lowest BCUT2D eigenvalue weighted by Gasteiger charge is -2.31. The molecule has 0 spiro atoms. The topological polar surface area (TPSA) is 100 Å². The number of ether oxygens (including phenoxy) is 1. The number of likely N-dealkylation sites (tertiary alicyclic amines) is 1. The van der Waals surface area contributed by atoms with Gasteiger partial charge in [-0.15, -0.1) is 0 Å². The molecule has 3 heterocycles. The quantitative estimate of drug-likeness (QED) is 0.680. The second-order valence-corrected chi connectivity index (χ2v) is 7.22. The molecule has 2 amide bonds. The lowest BCUT2D eigenvalue weighted by molar-refractivity contribution is -0.121. The minimum absolute atomic E-state index is 0.0849. The van der Waals surface area contributed by atoms with E-state index < -0.39 is 0 Å². The van der Waals surface area contributed by atoms with Crippen LogP contribution in [0.2, 0.25) is 0 Å². The molecule has 1 fully saturated rings. The molecule has 0 bridgehead atoms. The van der Waals surface area contributed by atoms with Gasteiger partial charge in [-0.05, 0) is 55.3 Å². The van der Waals surface area contributed by atoms with Gasteiger partial charge in [0.15, 0.2) is 0 Å². The third-order valence-corrected chi connectivity index (χ3v) is 5.20. The predicted octanol–water partition coefficient (Wildman–Crippen LogP) is 2.97. The number of benzene rings is 1. The van der Waals surface area contributed by atoms with Crippen LogP contribution in [0.1, 0.15) is 23.3 Å². The molecule has 1 aliphatic heterocycles. The van der Waals surface area contributed by atoms with Gasteiger partial charge in [0, 0.05) is 36.7 Å². The molecule has 2 N–H and O–H groups in total. The first kappa shape index (κ1) is 19.6. The summed E-state index contributed by atoms with van der Waals surface area (Å²) in [5.41, 5.74) is 2.62. The lowest BCUT2D eigenvalue weighted by atomic mass is 9.96. The van der Waals surface area contributed by atoms with Crippen molar-refractivity contribution in [3.05, 3.63) is 60.6 Å². The number of nitrogens with zero attached hydrogens (tertiary/aromatic N) is 3. The molecule has 30 heavy (non-hydrogen) atoms. The van der Waals surface area contributed by atoms with E-state index in [-0.39, 0.29) is 17.7 Å². The maximum absolute atomic E-state index is 12.9. The molecule has 1 aromatic carbocycles. The van der Waals surface area contributed by atoms with Crippen LogP contribution in [-0.4, -0.2) is 52.1 Å². The van der Waals surface area contributed by atoms with Gasteiger partial charge in [-0.2, -0.15) is 5.10 Å². The average Bonchev–Trinajstić information content (AvgIpc) is 3.30. The zero-order chi connectivity index (χ0) is 20.9. The van der Waals surface area contributed by atoms with Crippen LogP contribution < -0.4 is 10.1 Å². The summed E-state index contributed by atoms with van der Waals surface area (Å²) < 4.78 is 5.13. The van der Waals surface area contributed by atoms with Gasteiger partial charge < -0.3 is 15.0 Å². The normalized spacial score (nSPS) is 16.2. The molecule has 1 aliphatic rings. The highest BCUT2D eigenvalue weighted by molar-refractivity contribution is 5.95. The number of aromatic nitrogens is 3. The van der Waals surface area contributed by atoms with E-state index in [2.05, 4.69) is 20.5 Å². The van der Waals surface area contributed by atoms with Gasteiger partial charge >= 0.3 is 0 Å². The number of aromatic amines is 1. The fourth-order valence-corrected chi connectivity index (χ4v) is 3.56. The van der Waals surface area contributed by atoms with E-state index >= 15 is 0 Å². The van der Waals surface area contributed by atoms with E-state index in [0.717, 1.165) is 24.2 Å². The molecule has 8 nitrogen and oxygen atoms in total. The Labute approximate surface area is 174 Å². The number of rotatable bonds is 5. The van der Waals surface area contributed by atoms with E-state index in [1.54, 1.807) is 54.7 Å².